The van der Waals surface area contributed by atoms with Gasteiger partial charge in [-0.15, -0.1) is 0 Å². The van der Waals surface area contributed by atoms with E-state index in [1.807, 2.05) is 0 Å². The van der Waals surface area contributed by atoms with E-state index in [1.165, 1.54) is 6.33 Å². The predicted octanol–water partition coefficient (Wildman–Crippen LogP) is 1.30. The molecule has 2 rings (SSSR count). The molecule has 0 unspecified atom stereocenters. The van der Waals surface area contributed by atoms with Crippen molar-refractivity contribution in [2.45, 2.75) is 19.8 Å². The number of aromatic nitrogens is 2. The molecular weight excluding hydrogens is 209 g/mol. The van der Waals surface area contributed by atoms with E-state index in [-0.39, 0.29) is 5.88 Å². The maximum atomic E-state index is 13.5. The van der Waals surface area contributed by atoms with Crippen molar-refractivity contribution in [1.82, 2.24) is 15.3 Å². The van der Waals surface area contributed by atoms with Crippen molar-refractivity contribution in [3.05, 3.63) is 17.8 Å². The molecule has 0 bridgehead atoms. The lowest BCUT2D eigenvalue weighted by molar-refractivity contribution is 0.200. The monoisotopic (exact) mass is 225 g/mol. The lowest BCUT2D eigenvalue weighted by atomic mass is 9.99. The second-order valence-corrected chi connectivity index (χ2v) is 4.08. The van der Waals surface area contributed by atoms with Gasteiger partial charge in [0.25, 0.3) is 5.88 Å². The lowest BCUT2D eigenvalue weighted by Gasteiger charge is -2.22. The van der Waals surface area contributed by atoms with Gasteiger partial charge in [0, 0.05) is 0 Å². The number of halogens is 1. The van der Waals surface area contributed by atoms with Gasteiger partial charge in [-0.05, 0) is 38.8 Å². The van der Waals surface area contributed by atoms with Crippen LogP contribution in [0.15, 0.2) is 6.33 Å². The van der Waals surface area contributed by atoms with Crippen LogP contribution in [0.3, 0.4) is 0 Å². The predicted molar refractivity (Wildman–Crippen MR) is 57.8 cm³/mol. The van der Waals surface area contributed by atoms with Crippen molar-refractivity contribution >= 4 is 0 Å². The van der Waals surface area contributed by atoms with E-state index in [9.17, 15) is 4.39 Å². The zero-order valence-electron chi connectivity index (χ0n) is 9.37. The molecule has 1 N–H and O–H groups in total. The van der Waals surface area contributed by atoms with Crippen LogP contribution >= 0.6 is 0 Å². The fourth-order valence-corrected chi connectivity index (χ4v) is 1.78. The molecular formula is C11H16FN3O. The number of rotatable bonds is 3. The molecule has 1 fully saturated rings. The third kappa shape index (κ3) is 2.66. The van der Waals surface area contributed by atoms with Crippen LogP contribution in [0.4, 0.5) is 4.39 Å². The third-order valence-corrected chi connectivity index (χ3v) is 2.85. The number of nitrogens with one attached hydrogen (secondary N) is 1. The van der Waals surface area contributed by atoms with Crippen molar-refractivity contribution in [2.24, 2.45) is 5.92 Å². The van der Waals surface area contributed by atoms with E-state index in [0.717, 1.165) is 25.9 Å². The van der Waals surface area contributed by atoms with Gasteiger partial charge in [0.15, 0.2) is 0 Å². The Morgan fingerprint density at radius 2 is 2.19 bits per heavy atom. The lowest BCUT2D eigenvalue weighted by Crippen LogP contribution is -2.30. The molecule has 16 heavy (non-hydrogen) atoms. The Labute approximate surface area is 94.2 Å². The van der Waals surface area contributed by atoms with Gasteiger partial charge in [-0.1, -0.05) is 0 Å². The molecule has 4 nitrogen and oxygen atoms in total. The maximum absolute atomic E-state index is 13.5. The standard InChI is InChI=1S/C11H16FN3O/c1-8-10(12)11(15-7-14-8)16-6-9-2-4-13-5-3-9/h7,9,13H,2-6H2,1H3. The van der Waals surface area contributed by atoms with E-state index in [0.29, 0.717) is 18.2 Å². The quantitative estimate of drug-likeness (QED) is 0.842. The van der Waals surface area contributed by atoms with E-state index in [1.54, 1.807) is 6.92 Å². The van der Waals surface area contributed by atoms with Gasteiger partial charge in [-0.25, -0.2) is 4.98 Å². The molecule has 0 aromatic carbocycles. The van der Waals surface area contributed by atoms with E-state index < -0.39 is 5.82 Å². The summed E-state index contributed by atoms with van der Waals surface area (Å²) in [6.07, 6.45) is 3.48. The molecule has 1 aliphatic rings. The molecule has 0 saturated carbocycles. The second kappa shape index (κ2) is 5.21. The van der Waals surface area contributed by atoms with Crippen LogP contribution < -0.4 is 10.1 Å². The zero-order chi connectivity index (χ0) is 11.4. The van der Waals surface area contributed by atoms with Gasteiger partial charge in [0.1, 0.15) is 6.33 Å². The van der Waals surface area contributed by atoms with E-state index in [4.69, 9.17) is 4.74 Å². The Hall–Kier alpha value is -1.23. The Bertz CT molecular complexity index is 353. The summed E-state index contributed by atoms with van der Waals surface area (Å²) in [5.74, 6) is 0.124. The van der Waals surface area contributed by atoms with Crippen LogP contribution in [-0.4, -0.2) is 29.7 Å². The highest BCUT2D eigenvalue weighted by atomic mass is 19.1. The molecule has 5 heteroatoms. The van der Waals surface area contributed by atoms with Gasteiger partial charge in [0.05, 0.1) is 12.3 Å². The molecule has 2 heterocycles. The number of nitrogens with zero attached hydrogens (tertiary/aromatic N) is 2. The van der Waals surface area contributed by atoms with Gasteiger partial charge in [0.2, 0.25) is 5.82 Å². The van der Waals surface area contributed by atoms with Gasteiger partial charge < -0.3 is 10.1 Å². The fourth-order valence-electron chi connectivity index (χ4n) is 1.78. The summed E-state index contributed by atoms with van der Waals surface area (Å²) in [5.41, 5.74) is 0.329. The van der Waals surface area contributed by atoms with Gasteiger partial charge >= 0.3 is 0 Å². The molecule has 0 amide bonds. The first-order chi connectivity index (χ1) is 7.77. The smallest absolute Gasteiger partial charge is 0.253 e. The summed E-state index contributed by atoms with van der Waals surface area (Å²) in [5, 5.41) is 3.28. The average Bonchev–Trinajstić information content (AvgIpc) is 2.32. The molecule has 1 aromatic heterocycles. The first-order valence-electron chi connectivity index (χ1n) is 5.58. The third-order valence-electron chi connectivity index (χ3n) is 2.85. The van der Waals surface area contributed by atoms with Crippen LogP contribution in [0.5, 0.6) is 5.88 Å². The highest BCUT2D eigenvalue weighted by molar-refractivity contribution is 5.15. The minimum atomic E-state index is -0.448. The normalized spacial score (nSPS) is 17.4. The number of piperidine rings is 1. The Morgan fingerprint density at radius 1 is 1.44 bits per heavy atom. The van der Waals surface area contributed by atoms with Crippen molar-refractivity contribution in [3.8, 4) is 5.88 Å². The largest absolute Gasteiger partial charge is 0.475 e. The first-order valence-corrected chi connectivity index (χ1v) is 5.58. The summed E-state index contributed by atoms with van der Waals surface area (Å²) in [6.45, 7) is 4.17. The second-order valence-electron chi connectivity index (χ2n) is 4.08. The maximum Gasteiger partial charge on any atom is 0.253 e. The molecule has 0 atom stereocenters. The Kier molecular flexibility index (Phi) is 3.66. The number of hydrogen-bond donors (Lipinski definition) is 1. The van der Waals surface area contributed by atoms with Crippen LogP contribution in [0.1, 0.15) is 18.5 Å². The van der Waals surface area contributed by atoms with Crippen molar-refractivity contribution < 1.29 is 9.13 Å². The summed E-state index contributed by atoms with van der Waals surface area (Å²) >= 11 is 0. The first kappa shape index (κ1) is 11.3. The molecule has 1 aliphatic heterocycles. The molecule has 88 valence electrons. The number of ether oxygens (including phenoxy) is 1. The molecule has 0 radical (unpaired) electrons. The Balaban J connectivity index is 1.91. The van der Waals surface area contributed by atoms with Crippen molar-refractivity contribution in [2.75, 3.05) is 19.7 Å². The SMILES string of the molecule is Cc1ncnc(OCC2CCNCC2)c1F. The number of aryl methyl sites for hydroxylation is 1. The van der Waals surface area contributed by atoms with Crippen molar-refractivity contribution in [1.29, 1.82) is 0 Å². The zero-order valence-corrected chi connectivity index (χ0v) is 9.37. The highest BCUT2D eigenvalue weighted by Gasteiger charge is 2.15. The van der Waals surface area contributed by atoms with Crippen LogP contribution in [0, 0.1) is 18.7 Å². The van der Waals surface area contributed by atoms with E-state index in [2.05, 4.69) is 15.3 Å². The van der Waals surface area contributed by atoms with Gasteiger partial charge in [-0.3, -0.25) is 0 Å². The average molecular weight is 225 g/mol. The van der Waals surface area contributed by atoms with Crippen LogP contribution in [-0.2, 0) is 0 Å². The fraction of sp³-hybridized carbons (Fsp3) is 0.636. The minimum Gasteiger partial charge on any atom is -0.475 e. The van der Waals surface area contributed by atoms with Crippen LogP contribution in [0.25, 0.3) is 0 Å². The minimum absolute atomic E-state index is 0.0750. The Morgan fingerprint density at radius 3 is 2.94 bits per heavy atom. The molecule has 0 aliphatic carbocycles. The van der Waals surface area contributed by atoms with Crippen LogP contribution in [0.2, 0.25) is 0 Å². The molecule has 1 saturated heterocycles. The molecule has 1 aromatic rings. The number of hydrogen-bond acceptors (Lipinski definition) is 4. The topological polar surface area (TPSA) is 47.0 Å². The van der Waals surface area contributed by atoms with Gasteiger partial charge in [-0.2, -0.15) is 9.37 Å². The summed E-state index contributed by atoms with van der Waals surface area (Å²) in [7, 11) is 0. The highest BCUT2D eigenvalue weighted by Crippen LogP contribution is 2.17. The summed E-state index contributed by atoms with van der Waals surface area (Å²) in [4.78, 5) is 7.56. The summed E-state index contributed by atoms with van der Waals surface area (Å²) in [6, 6.07) is 0. The van der Waals surface area contributed by atoms with E-state index >= 15 is 0 Å². The van der Waals surface area contributed by atoms with Crippen molar-refractivity contribution in [3.63, 3.8) is 0 Å². The molecule has 0 spiro atoms. The summed E-state index contributed by atoms with van der Waals surface area (Å²) < 4.78 is 18.9.